The van der Waals surface area contributed by atoms with Crippen LogP contribution in [-0.4, -0.2) is 68.5 Å². The summed E-state index contributed by atoms with van der Waals surface area (Å²) in [4.78, 5) is 52.9. The lowest BCUT2D eigenvalue weighted by atomic mass is 10.0. The van der Waals surface area contributed by atoms with Gasteiger partial charge in [0, 0.05) is 30.6 Å². The molecule has 39 heavy (non-hydrogen) atoms. The highest BCUT2D eigenvalue weighted by Gasteiger charge is 2.41. The highest BCUT2D eigenvalue weighted by molar-refractivity contribution is 5.97. The molecule has 1 aromatic carbocycles. The van der Waals surface area contributed by atoms with E-state index in [2.05, 4.69) is 5.32 Å². The number of hydrogen-bond acceptors (Lipinski definition) is 7. The zero-order valence-corrected chi connectivity index (χ0v) is 23.9. The summed E-state index contributed by atoms with van der Waals surface area (Å²) in [7, 11) is 1.85. The van der Waals surface area contributed by atoms with Crippen molar-refractivity contribution >= 4 is 35.0 Å². The molecule has 0 saturated heterocycles. The third-order valence-electron chi connectivity index (χ3n) is 5.74. The van der Waals surface area contributed by atoms with Gasteiger partial charge in [-0.15, -0.1) is 0 Å². The second-order valence-electron chi connectivity index (χ2n) is 11.5. The molecule has 11 nitrogen and oxygen atoms in total. The Morgan fingerprint density at radius 2 is 1.56 bits per heavy atom. The molecule has 0 aliphatic carbocycles. The molecule has 1 heterocycles. The van der Waals surface area contributed by atoms with E-state index in [0.29, 0.717) is 24.3 Å². The van der Waals surface area contributed by atoms with Gasteiger partial charge in [0.05, 0.1) is 0 Å². The van der Waals surface area contributed by atoms with Crippen LogP contribution in [0.2, 0.25) is 0 Å². The van der Waals surface area contributed by atoms with E-state index in [-0.39, 0.29) is 12.8 Å². The van der Waals surface area contributed by atoms with Gasteiger partial charge < -0.3 is 30.2 Å². The largest absolute Gasteiger partial charge is 0.480 e. The fraction of sp³-hybridized carbons (Fsp3) is 0.571. The van der Waals surface area contributed by atoms with Crippen molar-refractivity contribution < 1.29 is 33.8 Å². The van der Waals surface area contributed by atoms with Crippen LogP contribution in [0.5, 0.6) is 0 Å². The molecule has 2 rings (SSSR count). The Balaban J connectivity index is 2.43. The molecule has 0 spiro atoms. The van der Waals surface area contributed by atoms with Crippen molar-refractivity contribution in [3.05, 3.63) is 36.0 Å². The monoisotopic (exact) mass is 546 g/mol. The third kappa shape index (κ3) is 9.27. The van der Waals surface area contributed by atoms with Crippen molar-refractivity contribution in [2.24, 2.45) is 12.8 Å². The maximum Gasteiger partial charge on any atom is 0.420 e. The minimum atomic E-state index is -1.38. The van der Waals surface area contributed by atoms with E-state index in [4.69, 9.17) is 15.2 Å². The summed E-state index contributed by atoms with van der Waals surface area (Å²) in [5.74, 6) is -2.06. The Kier molecular flexibility index (Phi) is 10.5. The van der Waals surface area contributed by atoms with Gasteiger partial charge in [0.15, 0.2) is 0 Å². The number of benzene rings is 1. The smallest absolute Gasteiger partial charge is 0.420 e. The van der Waals surface area contributed by atoms with Crippen molar-refractivity contribution in [2.45, 2.75) is 90.5 Å². The fourth-order valence-electron chi connectivity index (χ4n) is 4.09. The van der Waals surface area contributed by atoms with E-state index in [1.165, 1.54) is 0 Å². The number of aryl methyl sites for hydroxylation is 1. The van der Waals surface area contributed by atoms with E-state index in [0.717, 1.165) is 16.5 Å². The van der Waals surface area contributed by atoms with Gasteiger partial charge in [0.25, 0.3) is 0 Å². The Morgan fingerprint density at radius 1 is 1.00 bits per heavy atom. The lowest BCUT2D eigenvalue weighted by Gasteiger charge is -2.33. The maximum atomic E-state index is 13.6. The Bertz CT molecular complexity index is 1150. The first-order chi connectivity index (χ1) is 18.0. The van der Waals surface area contributed by atoms with Gasteiger partial charge in [-0.3, -0.25) is 4.79 Å². The topological polar surface area (TPSA) is 153 Å². The first-order valence-electron chi connectivity index (χ1n) is 13.1. The van der Waals surface area contributed by atoms with E-state index < -0.39 is 47.3 Å². The van der Waals surface area contributed by atoms with Gasteiger partial charge in [-0.25, -0.2) is 14.4 Å². The number of nitrogens with two attached hydrogens (primary N) is 1. The molecule has 0 aliphatic rings. The summed E-state index contributed by atoms with van der Waals surface area (Å²) in [6.45, 7) is 10.1. The summed E-state index contributed by atoms with van der Waals surface area (Å²) < 4.78 is 12.8. The van der Waals surface area contributed by atoms with E-state index >= 15 is 0 Å². The molecule has 2 aromatic rings. The lowest BCUT2D eigenvalue weighted by molar-refractivity contribution is -0.142. The zero-order chi connectivity index (χ0) is 29.5. The second kappa shape index (κ2) is 13.0. The van der Waals surface area contributed by atoms with Crippen LogP contribution in [0, 0.1) is 0 Å². The fourth-order valence-corrected chi connectivity index (χ4v) is 4.09. The number of imide groups is 1. The normalized spacial score (nSPS) is 13.4. The molecule has 1 aromatic heterocycles. The van der Waals surface area contributed by atoms with Gasteiger partial charge >= 0.3 is 18.2 Å². The highest BCUT2D eigenvalue weighted by atomic mass is 16.6. The number of carboxylic acids is 1. The van der Waals surface area contributed by atoms with Crippen molar-refractivity contribution in [2.75, 3.05) is 6.54 Å². The standard InChI is InChI=1S/C28H42N4O7/c1-27(2,3)38-25(36)32(26(37)39-28(4,5)6)22(14-10-11-15-29)23(33)30-20(24(34)35)16-18-17-31(7)21-13-9-8-12-19(18)21/h8-9,12-13,17,20,22H,10-11,14-16,29H2,1-7H3,(H,30,33)(H,34,35)/t20-,22+/m1/s1. The molecule has 0 radical (unpaired) electrons. The molecule has 0 bridgehead atoms. The van der Waals surface area contributed by atoms with Crippen LogP contribution in [-0.2, 0) is 32.5 Å². The number of nitrogens with zero attached hydrogens (tertiary/aromatic N) is 2. The molecule has 11 heteroatoms. The summed E-state index contributed by atoms with van der Waals surface area (Å²) in [6, 6.07) is 4.84. The van der Waals surface area contributed by atoms with E-state index in [1.807, 2.05) is 42.1 Å². The average Bonchev–Trinajstić information content (AvgIpc) is 3.11. The molecule has 216 valence electrons. The van der Waals surface area contributed by atoms with Gasteiger partial charge in [-0.05, 0) is 79.0 Å². The van der Waals surface area contributed by atoms with E-state index in [1.54, 1.807) is 41.5 Å². The molecule has 0 aliphatic heterocycles. The first-order valence-corrected chi connectivity index (χ1v) is 13.1. The zero-order valence-electron chi connectivity index (χ0n) is 23.9. The molecular formula is C28H42N4O7. The second-order valence-corrected chi connectivity index (χ2v) is 11.5. The number of carbonyl (C=O) groups excluding carboxylic acids is 3. The molecule has 2 atom stereocenters. The molecular weight excluding hydrogens is 504 g/mol. The number of aromatic nitrogens is 1. The van der Waals surface area contributed by atoms with Crippen molar-refractivity contribution in [1.29, 1.82) is 0 Å². The van der Waals surface area contributed by atoms with Gasteiger partial charge in [-0.1, -0.05) is 18.2 Å². The highest BCUT2D eigenvalue weighted by Crippen LogP contribution is 2.23. The van der Waals surface area contributed by atoms with Crippen LogP contribution in [0.3, 0.4) is 0 Å². The number of rotatable bonds is 10. The van der Waals surface area contributed by atoms with Crippen LogP contribution < -0.4 is 11.1 Å². The molecule has 3 amide bonds. The quantitative estimate of drug-likeness (QED) is 0.379. The number of aliphatic carboxylic acids is 1. The third-order valence-corrected chi connectivity index (χ3v) is 5.74. The minimum Gasteiger partial charge on any atom is -0.480 e. The maximum absolute atomic E-state index is 13.6. The number of para-hydroxylation sites is 1. The van der Waals surface area contributed by atoms with Gasteiger partial charge in [-0.2, -0.15) is 4.90 Å². The Labute approximate surface area is 229 Å². The van der Waals surface area contributed by atoms with Crippen LogP contribution in [0.25, 0.3) is 10.9 Å². The van der Waals surface area contributed by atoms with Crippen LogP contribution in [0.15, 0.2) is 30.5 Å². The minimum absolute atomic E-state index is 0.00315. The average molecular weight is 547 g/mol. The van der Waals surface area contributed by atoms with E-state index in [9.17, 15) is 24.3 Å². The van der Waals surface area contributed by atoms with Crippen LogP contribution in [0.4, 0.5) is 9.59 Å². The molecule has 0 fully saturated rings. The lowest BCUT2D eigenvalue weighted by Crippen LogP contribution is -2.57. The summed E-state index contributed by atoms with van der Waals surface area (Å²) >= 11 is 0. The molecule has 4 N–H and O–H groups in total. The predicted octanol–water partition coefficient (Wildman–Crippen LogP) is 3.96. The van der Waals surface area contributed by atoms with Crippen LogP contribution in [0.1, 0.15) is 66.4 Å². The van der Waals surface area contributed by atoms with Crippen molar-refractivity contribution in [3.8, 4) is 0 Å². The number of amides is 3. The summed E-state index contributed by atoms with van der Waals surface area (Å²) in [5.41, 5.74) is 5.35. The van der Waals surface area contributed by atoms with Crippen LogP contribution >= 0.6 is 0 Å². The molecule has 0 saturated carbocycles. The van der Waals surface area contributed by atoms with Gasteiger partial charge in [0.1, 0.15) is 23.3 Å². The van der Waals surface area contributed by atoms with Crippen molar-refractivity contribution in [1.82, 2.24) is 14.8 Å². The van der Waals surface area contributed by atoms with Gasteiger partial charge in [0.2, 0.25) is 5.91 Å². The number of carbonyl (C=O) groups is 4. The Morgan fingerprint density at radius 3 is 2.08 bits per heavy atom. The number of hydrogen-bond donors (Lipinski definition) is 3. The number of unbranched alkanes of at least 4 members (excludes halogenated alkanes) is 1. The molecule has 0 unspecified atom stereocenters. The number of ether oxygens (including phenoxy) is 2. The number of nitrogens with one attached hydrogen (secondary N) is 1. The predicted molar refractivity (Wildman–Crippen MR) is 147 cm³/mol. The van der Waals surface area contributed by atoms with Crippen molar-refractivity contribution in [3.63, 3.8) is 0 Å². The Hall–Kier alpha value is -3.60. The SMILES string of the molecule is Cn1cc(C[C@@H](NC(=O)[C@H](CCCCN)N(C(=O)OC(C)(C)C)C(=O)OC(C)(C)C)C(=O)O)c2ccccc21. The number of carboxylic acid groups (broad SMARTS) is 1. The summed E-state index contributed by atoms with van der Waals surface area (Å²) in [5, 5.41) is 13.4. The summed E-state index contributed by atoms with van der Waals surface area (Å²) in [6.07, 6.45) is 0.658. The first kappa shape index (κ1) is 31.6. The number of fused-ring (bicyclic) bond motifs is 1.